The summed E-state index contributed by atoms with van der Waals surface area (Å²) in [5.41, 5.74) is 0.807. The number of hydrogen-bond acceptors (Lipinski definition) is 2. The molecule has 2 fully saturated rings. The van der Waals surface area contributed by atoms with Crippen molar-refractivity contribution in [3.63, 3.8) is 0 Å². The van der Waals surface area contributed by atoms with E-state index in [9.17, 15) is 4.79 Å². The van der Waals surface area contributed by atoms with Gasteiger partial charge in [-0.2, -0.15) is 0 Å². The third-order valence-corrected chi connectivity index (χ3v) is 5.15. The Bertz CT molecular complexity index is 526. The van der Waals surface area contributed by atoms with Crippen molar-refractivity contribution < 1.29 is 4.79 Å². The topological polar surface area (TPSA) is 28.5 Å². The molecule has 116 valence electrons. The molecule has 21 heavy (non-hydrogen) atoms. The van der Waals surface area contributed by atoms with Gasteiger partial charge in [0.05, 0.1) is 0 Å². The lowest BCUT2D eigenvalue weighted by molar-refractivity contribution is 0.0364. The van der Waals surface area contributed by atoms with Crippen molar-refractivity contribution in [2.24, 2.45) is 0 Å². The predicted molar refractivity (Wildman–Crippen MR) is 87.6 cm³/mol. The molecule has 1 aromatic heterocycles. The molecule has 1 amide bonds. The number of halogens is 1. The second-order valence-corrected chi connectivity index (χ2v) is 7.40. The molecule has 3 rings (SSSR count). The number of hydrogen-bond donors (Lipinski definition) is 0. The molecule has 2 aliphatic rings. The Hall–Kier alpha value is -0.810. The van der Waals surface area contributed by atoms with Gasteiger partial charge in [-0.1, -0.05) is 6.42 Å². The normalized spacial score (nSPS) is 23.4. The number of piperazine rings is 1. The quantitative estimate of drug-likeness (QED) is 0.816. The predicted octanol–water partition coefficient (Wildman–Crippen LogP) is 3.14. The van der Waals surface area contributed by atoms with Crippen LogP contribution < -0.4 is 0 Å². The van der Waals surface area contributed by atoms with Gasteiger partial charge in [0.2, 0.25) is 0 Å². The first-order chi connectivity index (χ1) is 10.1. The Morgan fingerprint density at radius 2 is 2.10 bits per heavy atom. The molecule has 5 heteroatoms. The number of fused-ring (bicyclic) bond motifs is 1. The van der Waals surface area contributed by atoms with Crippen LogP contribution in [0.25, 0.3) is 0 Å². The van der Waals surface area contributed by atoms with Gasteiger partial charge in [0.25, 0.3) is 5.91 Å². The van der Waals surface area contributed by atoms with E-state index in [1.54, 1.807) is 0 Å². The largest absolute Gasteiger partial charge is 0.340 e. The molecule has 1 atom stereocenters. The van der Waals surface area contributed by atoms with E-state index in [-0.39, 0.29) is 5.91 Å². The van der Waals surface area contributed by atoms with Crippen LogP contribution in [0.3, 0.4) is 0 Å². The minimum Gasteiger partial charge on any atom is -0.340 e. The highest BCUT2D eigenvalue weighted by molar-refractivity contribution is 9.10. The lowest BCUT2D eigenvalue weighted by Gasteiger charge is -2.44. The van der Waals surface area contributed by atoms with Gasteiger partial charge in [0.15, 0.2) is 0 Å². The molecule has 0 aliphatic carbocycles. The molecular formula is C16H24BrN3O. The summed E-state index contributed by atoms with van der Waals surface area (Å²) in [5, 5.41) is 0. The maximum absolute atomic E-state index is 12.9. The fourth-order valence-corrected chi connectivity index (χ4v) is 3.98. The van der Waals surface area contributed by atoms with E-state index in [4.69, 9.17) is 0 Å². The Balaban J connectivity index is 1.76. The molecule has 0 N–H and O–H groups in total. The van der Waals surface area contributed by atoms with Crippen LogP contribution >= 0.6 is 15.9 Å². The summed E-state index contributed by atoms with van der Waals surface area (Å²) in [6.45, 7) is 8.21. The summed E-state index contributed by atoms with van der Waals surface area (Å²) < 4.78 is 3.05. The highest BCUT2D eigenvalue weighted by atomic mass is 79.9. The highest BCUT2D eigenvalue weighted by Gasteiger charge is 2.32. The minimum atomic E-state index is 0.180. The van der Waals surface area contributed by atoms with Crippen molar-refractivity contribution >= 4 is 21.8 Å². The number of aromatic nitrogens is 1. The first-order valence-electron chi connectivity index (χ1n) is 7.97. The Kier molecular flexibility index (Phi) is 4.41. The molecule has 0 spiro atoms. The Morgan fingerprint density at radius 1 is 1.29 bits per heavy atom. The Labute approximate surface area is 135 Å². The molecule has 1 unspecified atom stereocenters. The third-order valence-electron chi connectivity index (χ3n) is 4.72. The van der Waals surface area contributed by atoms with Gasteiger partial charge in [0.1, 0.15) is 5.69 Å². The van der Waals surface area contributed by atoms with E-state index < -0.39 is 0 Å². The van der Waals surface area contributed by atoms with Crippen LogP contribution in [-0.2, 0) is 0 Å². The van der Waals surface area contributed by atoms with Crippen molar-refractivity contribution in [2.75, 3.05) is 26.2 Å². The van der Waals surface area contributed by atoms with E-state index >= 15 is 0 Å². The lowest BCUT2D eigenvalue weighted by Crippen LogP contribution is -2.56. The molecule has 2 saturated heterocycles. The van der Waals surface area contributed by atoms with Crippen LogP contribution in [0.5, 0.6) is 0 Å². The first-order valence-corrected chi connectivity index (χ1v) is 8.76. The van der Waals surface area contributed by atoms with Gasteiger partial charge in [0, 0.05) is 42.4 Å². The maximum atomic E-state index is 12.9. The van der Waals surface area contributed by atoms with E-state index in [0.717, 1.165) is 29.8 Å². The molecule has 4 nitrogen and oxygen atoms in total. The average molecular weight is 354 g/mol. The van der Waals surface area contributed by atoms with Crippen molar-refractivity contribution in [2.45, 2.75) is 45.2 Å². The summed E-state index contributed by atoms with van der Waals surface area (Å²) in [5.74, 6) is 0.180. The van der Waals surface area contributed by atoms with Gasteiger partial charge in [-0.25, -0.2) is 0 Å². The van der Waals surface area contributed by atoms with Gasteiger partial charge >= 0.3 is 0 Å². The minimum absolute atomic E-state index is 0.180. The number of carbonyl (C=O) groups is 1. The molecule has 0 saturated carbocycles. The third kappa shape index (κ3) is 3.04. The molecule has 0 aromatic carbocycles. The molecule has 3 heterocycles. The van der Waals surface area contributed by atoms with Crippen LogP contribution in [0.2, 0.25) is 0 Å². The van der Waals surface area contributed by atoms with Crippen molar-refractivity contribution in [3.05, 3.63) is 22.4 Å². The molecule has 2 aliphatic heterocycles. The van der Waals surface area contributed by atoms with Crippen LogP contribution in [0, 0.1) is 0 Å². The molecule has 1 aromatic rings. The van der Waals surface area contributed by atoms with Crippen molar-refractivity contribution in [1.29, 1.82) is 0 Å². The zero-order chi connectivity index (χ0) is 15.0. The smallest absolute Gasteiger partial charge is 0.270 e. The molecular weight excluding hydrogens is 330 g/mol. The fourth-order valence-electron chi connectivity index (χ4n) is 3.55. The van der Waals surface area contributed by atoms with Gasteiger partial charge in [-0.15, -0.1) is 0 Å². The second-order valence-electron chi connectivity index (χ2n) is 6.48. The van der Waals surface area contributed by atoms with Gasteiger partial charge in [-0.3, -0.25) is 9.69 Å². The number of nitrogens with zero attached hydrogens (tertiary/aromatic N) is 3. The number of carbonyl (C=O) groups excluding carboxylic acids is 1. The van der Waals surface area contributed by atoms with Crippen molar-refractivity contribution in [1.82, 2.24) is 14.4 Å². The number of rotatable bonds is 2. The molecule has 0 radical (unpaired) electrons. The second kappa shape index (κ2) is 6.13. The van der Waals surface area contributed by atoms with Gasteiger partial charge in [-0.05, 0) is 55.2 Å². The highest BCUT2D eigenvalue weighted by Crippen LogP contribution is 2.24. The summed E-state index contributed by atoms with van der Waals surface area (Å²) in [7, 11) is 0. The fraction of sp³-hybridized carbons (Fsp3) is 0.688. The van der Waals surface area contributed by atoms with E-state index in [0.29, 0.717) is 12.1 Å². The van der Waals surface area contributed by atoms with Crippen LogP contribution in [0.15, 0.2) is 16.7 Å². The summed E-state index contributed by atoms with van der Waals surface area (Å²) >= 11 is 3.50. The van der Waals surface area contributed by atoms with Gasteiger partial charge < -0.3 is 9.47 Å². The van der Waals surface area contributed by atoms with E-state index in [1.807, 2.05) is 17.2 Å². The molecule has 0 bridgehead atoms. The lowest BCUT2D eigenvalue weighted by atomic mass is 9.99. The SMILES string of the molecule is CC(C)n1cc(Br)cc1C(=O)N1CCN2CCCCC2C1. The van der Waals surface area contributed by atoms with E-state index in [1.165, 1.54) is 25.8 Å². The summed E-state index contributed by atoms with van der Waals surface area (Å²) in [6.07, 6.45) is 5.86. The van der Waals surface area contributed by atoms with Crippen molar-refractivity contribution in [3.8, 4) is 0 Å². The first kappa shape index (κ1) is 15.1. The van der Waals surface area contributed by atoms with Crippen LogP contribution in [0.1, 0.15) is 49.6 Å². The summed E-state index contributed by atoms with van der Waals surface area (Å²) in [4.78, 5) is 17.5. The Morgan fingerprint density at radius 3 is 2.86 bits per heavy atom. The number of piperidine rings is 1. The van der Waals surface area contributed by atoms with Crippen LogP contribution in [-0.4, -0.2) is 52.5 Å². The zero-order valence-corrected chi connectivity index (χ0v) is 14.5. The number of amides is 1. The maximum Gasteiger partial charge on any atom is 0.270 e. The summed E-state index contributed by atoms with van der Waals surface area (Å²) in [6, 6.07) is 2.82. The monoisotopic (exact) mass is 353 g/mol. The zero-order valence-electron chi connectivity index (χ0n) is 12.9. The average Bonchev–Trinajstić information content (AvgIpc) is 2.88. The van der Waals surface area contributed by atoms with Crippen LogP contribution in [0.4, 0.5) is 0 Å². The van der Waals surface area contributed by atoms with E-state index in [2.05, 4.69) is 39.2 Å². The standard InChI is InChI=1S/C16H24BrN3O/c1-12(2)20-10-13(17)9-15(20)16(21)19-8-7-18-6-4-3-5-14(18)11-19/h9-10,12,14H,3-8,11H2,1-2H3.